The lowest BCUT2D eigenvalue weighted by molar-refractivity contribution is -0.126. The summed E-state index contributed by atoms with van der Waals surface area (Å²) in [7, 11) is -3.03. The molecule has 1 aromatic rings. The standard InChI is InChI=1S/C16H22N2O5S/c1-2-23-14-5-3-12(4-6-14)9-15(19)17-10-16(20)18-13-7-8-24(21,22)11-13/h3-6,13H,2,7-11H2,1H3,(H,17,19)(H,18,20). The molecule has 1 aliphatic heterocycles. The number of amides is 2. The number of hydrogen-bond donors (Lipinski definition) is 2. The van der Waals surface area contributed by atoms with Crippen LogP contribution in [0.25, 0.3) is 0 Å². The van der Waals surface area contributed by atoms with Crippen molar-refractivity contribution in [3.63, 3.8) is 0 Å². The van der Waals surface area contributed by atoms with E-state index in [-0.39, 0.29) is 42.3 Å². The monoisotopic (exact) mass is 354 g/mol. The second kappa shape index (κ2) is 8.14. The molecule has 2 N–H and O–H groups in total. The zero-order valence-electron chi connectivity index (χ0n) is 13.6. The molecule has 0 radical (unpaired) electrons. The molecule has 1 atom stereocenters. The summed E-state index contributed by atoms with van der Waals surface area (Å²) < 4.78 is 28.0. The van der Waals surface area contributed by atoms with E-state index in [0.29, 0.717) is 13.0 Å². The molecule has 1 unspecified atom stereocenters. The van der Waals surface area contributed by atoms with Gasteiger partial charge in [0.1, 0.15) is 5.75 Å². The van der Waals surface area contributed by atoms with E-state index in [1.54, 1.807) is 24.3 Å². The molecule has 0 spiro atoms. The first-order valence-corrected chi connectivity index (χ1v) is 9.68. The Morgan fingerprint density at radius 1 is 1.21 bits per heavy atom. The molecule has 1 heterocycles. The Morgan fingerprint density at radius 3 is 2.50 bits per heavy atom. The van der Waals surface area contributed by atoms with Gasteiger partial charge in [0.15, 0.2) is 9.84 Å². The van der Waals surface area contributed by atoms with Crippen LogP contribution in [0, 0.1) is 0 Å². The van der Waals surface area contributed by atoms with Crippen molar-refractivity contribution in [1.82, 2.24) is 10.6 Å². The van der Waals surface area contributed by atoms with Gasteiger partial charge in [0.2, 0.25) is 11.8 Å². The number of ether oxygens (including phenoxy) is 1. The van der Waals surface area contributed by atoms with E-state index in [2.05, 4.69) is 10.6 Å². The number of hydrogen-bond acceptors (Lipinski definition) is 5. The fourth-order valence-corrected chi connectivity index (χ4v) is 4.16. The van der Waals surface area contributed by atoms with Crippen molar-refractivity contribution in [2.45, 2.75) is 25.8 Å². The van der Waals surface area contributed by atoms with Crippen LogP contribution >= 0.6 is 0 Å². The quantitative estimate of drug-likeness (QED) is 0.720. The molecule has 0 aromatic heterocycles. The smallest absolute Gasteiger partial charge is 0.239 e. The van der Waals surface area contributed by atoms with Crippen LogP contribution in [-0.4, -0.2) is 50.9 Å². The van der Waals surface area contributed by atoms with Crippen molar-refractivity contribution >= 4 is 21.7 Å². The zero-order chi connectivity index (χ0) is 17.6. The molecule has 24 heavy (non-hydrogen) atoms. The minimum Gasteiger partial charge on any atom is -0.494 e. The lowest BCUT2D eigenvalue weighted by Crippen LogP contribution is -2.42. The number of rotatable bonds is 7. The van der Waals surface area contributed by atoms with E-state index < -0.39 is 9.84 Å². The molecular weight excluding hydrogens is 332 g/mol. The van der Waals surface area contributed by atoms with Crippen molar-refractivity contribution in [2.75, 3.05) is 24.7 Å². The van der Waals surface area contributed by atoms with Gasteiger partial charge >= 0.3 is 0 Å². The molecule has 2 rings (SSSR count). The van der Waals surface area contributed by atoms with Gasteiger partial charge in [-0.3, -0.25) is 9.59 Å². The molecule has 0 saturated carbocycles. The lowest BCUT2D eigenvalue weighted by Gasteiger charge is -2.11. The summed E-state index contributed by atoms with van der Waals surface area (Å²) in [5.41, 5.74) is 0.818. The Morgan fingerprint density at radius 2 is 1.92 bits per heavy atom. The molecule has 7 nitrogen and oxygen atoms in total. The predicted molar refractivity (Wildman–Crippen MR) is 89.5 cm³/mol. The summed E-state index contributed by atoms with van der Waals surface area (Å²) in [6.07, 6.45) is 0.589. The Kier molecular flexibility index (Phi) is 6.19. The normalized spacial score (nSPS) is 18.8. The first-order chi connectivity index (χ1) is 11.4. The van der Waals surface area contributed by atoms with Gasteiger partial charge in [0.25, 0.3) is 0 Å². The fourth-order valence-electron chi connectivity index (χ4n) is 2.48. The van der Waals surface area contributed by atoms with E-state index in [1.165, 1.54) is 0 Å². The van der Waals surface area contributed by atoms with Crippen LogP contribution < -0.4 is 15.4 Å². The van der Waals surface area contributed by atoms with Gasteiger partial charge in [-0.05, 0) is 31.0 Å². The van der Waals surface area contributed by atoms with E-state index in [1.807, 2.05) is 6.92 Å². The van der Waals surface area contributed by atoms with Gasteiger partial charge < -0.3 is 15.4 Å². The molecule has 0 aliphatic carbocycles. The maximum atomic E-state index is 11.8. The molecule has 8 heteroatoms. The summed E-state index contributed by atoms with van der Waals surface area (Å²) in [5, 5.41) is 5.16. The summed E-state index contributed by atoms with van der Waals surface area (Å²) in [4.78, 5) is 23.6. The van der Waals surface area contributed by atoms with Crippen LogP contribution in [0.2, 0.25) is 0 Å². The van der Waals surface area contributed by atoms with Crippen molar-refractivity contribution in [1.29, 1.82) is 0 Å². The molecule has 0 bridgehead atoms. The van der Waals surface area contributed by atoms with Crippen LogP contribution in [-0.2, 0) is 25.8 Å². The van der Waals surface area contributed by atoms with Crippen molar-refractivity contribution in [3.05, 3.63) is 29.8 Å². The summed E-state index contributed by atoms with van der Waals surface area (Å²) >= 11 is 0. The highest BCUT2D eigenvalue weighted by atomic mass is 32.2. The maximum Gasteiger partial charge on any atom is 0.239 e. The number of nitrogens with one attached hydrogen (secondary N) is 2. The Balaban J connectivity index is 1.71. The van der Waals surface area contributed by atoms with Gasteiger partial charge in [-0.15, -0.1) is 0 Å². The van der Waals surface area contributed by atoms with E-state index in [4.69, 9.17) is 4.74 Å². The first-order valence-electron chi connectivity index (χ1n) is 7.86. The van der Waals surface area contributed by atoms with E-state index in [0.717, 1.165) is 11.3 Å². The number of benzene rings is 1. The molecule has 1 aromatic carbocycles. The SMILES string of the molecule is CCOc1ccc(CC(=O)NCC(=O)NC2CCS(=O)(=O)C2)cc1. The van der Waals surface area contributed by atoms with Crippen molar-refractivity contribution < 1.29 is 22.7 Å². The van der Waals surface area contributed by atoms with Crippen LogP contribution in [0.4, 0.5) is 0 Å². The molecular formula is C16H22N2O5S. The highest BCUT2D eigenvalue weighted by molar-refractivity contribution is 7.91. The molecule has 132 valence electrons. The van der Waals surface area contributed by atoms with Gasteiger partial charge in [-0.2, -0.15) is 0 Å². The van der Waals surface area contributed by atoms with E-state index >= 15 is 0 Å². The van der Waals surface area contributed by atoms with Crippen LogP contribution in [0.5, 0.6) is 5.75 Å². The Hall–Kier alpha value is -2.09. The predicted octanol–water partition coefficient (Wildman–Crippen LogP) is 0.0473. The summed E-state index contributed by atoms with van der Waals surface area (Å²) in [6.45, 7) is 2.32. The first kappa shape index (κ1) is 18.3. The zero-order valence-corrected chi connectivity index (χ0v) is 14.4. The molecule has 1 fully saturated rings. The Labute approximate surface area is 141 Å². The third kappa shape index (κ3) is 5.84. The molecule has 2 amide bonds. The van der Waals surface area contributed by atoms with Crippen LogP contribution in [0.1, 0.15) is 18.9 Å². The average molecular weight is 354 g/mol. The van der Waals surface area contributed by atoms with Gasteiger partial charge in [-0.25, -0.2) is 8.42 Å². The number of sulfone groups is 1. The fraction of sp³-hybridized carbons (Fsp3) is 0.500. The van der Waals surface area contributed by atoms with Crippen molar-refractivity contribution in [3.8, 4) is 5.75 Å². The average Bonchev–Trinajstić information content (AvgIpc) is 2.86. The summed E-state index contributed by atoms with van der Waals surface area (Å²) in [5.74, 6) is 0.166. The lowest BCUT2D eigenvalue weighted by atomic mass is 10.1. The molecule has 1 saturated heterocycles. The third-order valence-corrected chi connectivity index (χ3v) is 5.41. The topological polar surface area (TPSA) is 102 Å². The maximum absolute atomic E-state index is 11.8. The number of carbonyl (C=O) groups excluding carboxylic acids is 2. The van der Waals surface area contributed by atoms with Gasteiger partial charge in [0.05, 0.1) is 31.1 Å². The second-order valence-electron chi connectivity index (χ2n) is 5.70. The minimum absolute atomic E-state index is 0.0289. The van der Waals surface area contributed by atoms with Gasteiger partial charge in [-0.1, -0.05) is 12.1 Å². The number of carbonyl (C=O) groups is 2. The van der Waals surface area contributed by atoms with Crippen LogP contribution in [0.15, 0.2) is 24.3 Å². The Bertz CT molecular complexity index is 685. The van der Waals surface area contributed by atoms with Gasteiger partial charge in [0, 0.05) is 6.04 Å². The highest BCUT2D eigenvalue weighted by Crippen LogP contribution is 2.12. The van der Waals surface area contributed by atoms with Crippen LogP contribution in [0.3, 0.4) is 0 Å². The minimum atomic E-state index is -3.03. The second-order valence-corrected chi connectivity index (χ2v) is 7.93. The molecule has 1 aliphatic rings. The van der Waals surface area contributed by atoms with Crippen molar-refractivity contribution in [2.24, 2.45) is 0 Å². The summed E-state index contributed by atoms with van der Waals surface area (Å²) in [6, 6.07) is 6.83. The largest absolute Gasteiger partial charge is 0.494 e. The third-order valence-electron chi connectivity index (χ3n) is 3.64. The van der Waals surface area contributed by atoms with E-state index in [9.17, 15) is 18.0 Å². The highest BCUT2D eigenvalue weighted by Gasteiger charge is 2.28.